The van der Waals surface area contributed by atoms with Gasteiger partial charge in [0.1, 0.15) is 0 Å². The molecule has 1 aliphatic rings. The Bertz CT molecular complexity index is 173. The first-order valence-electron chi connectivity index (χ1n) is 5.75. The van der Waals surface area contributed by atoms with Gasteiger partial charge in [0.2, 0.25) is 0 Å². The zero-order valence-electron chi connectivity index (χ0n) is 9.58. The van der Waals surface area contributed by atoms with E-state index >= 15 is 0 Å². The first kappa shape index (κ1) is 11.7. The molecule has 0 spiro atoms. The smallest absolute Gasteiger partial charge is 0.0163 e. The molecule has 0 amide bonds. The summed E-state index contributed by atoms with van der Waals surface area (Å²) in [6, 6.07) is 1.17. The van der Waals surface area contributed by atoms with Gasteiger partial charge >= 0.3 is 0 Å². The summed E-state index contributed by atoms with van der Waals surface area (Å²) in [7, 11) is 0. The van der Waals surface area contributed by atoms with Crippen LogP contribution >= 0.6 is 0 Å². The van der Waals surface area contributed by atoms with Crippen LogP contribution in [0.2, 0.25) is 0 Å². The Labute approximate surface area is 88.2 Å². The monoisotopic (exact) mass is 196 g/mol. The molecule has 1 saturated carbocycles. The molecule has 0 saturated heterocycles. The quantitative estimate of drug-likeness (QED) is 0.631. The third kappa shape index (κ3) is 3.81. The van der Waals surface area contributed by atoms with Crippen LogP contribution in [0.15, 0.2) is 12.7 Å². The molecule has 0 aromatic carbocycles. The Morgan fingerprint density at radius 1 is 1.50 bits per heavy atom. The molecule has 0 bridgehead atoms. The van der Waals surface area contributed by atoms with E-state index in [1.165, 1.54) is 12.8 Å². The van der Waals surface area contributed by atoms with Gasteiger partial charge in [0.25, 0.3) is 0 Å². The fourth-order valence-electron chi connectivity index (χ4n) is 1.68. The number of hydrogen-bond donors (Lipinski definition) is 1. The van der Waals surface area contributed by atoms with Crippen LogP contribution in [0.1, 0.15) is 33.1 Å². The van der Waals surface area contributed by atoms with Gasteiger partial charge in [-0.15, -0.1) is 6.58 Å². The van der Waals surface area contributed by atoms with E-state index in [0.717, 1.165) is 25.6 Å². The van der Waals surface area contributed by atoms with Crippen molar-refractivity contribution in [1.29, 1.82) is 0 Å². The highest BCUT2D eigenvalue weighted by Crippen LogP contribution is 2.26. The molecule has 0 aliphatic heterocycles. The third-order valence-electron chi connectivity index (χ3n) is 3.03. The van der Waals surface area contributed by atoms with Crippen molar-refractivity contribution in [3.63, 3.8) is 0 Å². The highest BCUT2D eigenvalue weighted by molar-refractivity contribution is 4.88. The molecule has 1 rings (SSSR count). The summed E-state index contributed by atoms with van der Waals surface area (Å²) in [5.74, 6) is 0.597. The lowest BCUT2D eigenvalue weighted by atomic mass is 10.0. The van der Waals surface area contributed by atoms with Crippen LogP contribution in [0.3, 0.4) is 0 Å². The van der Waals surface area contributed by atoms with E-state index in [1.54, 1.807) is 0 Å². The van der Waals surface area contributed by atoms with Crippen LogP contribution in [-0.4, -0.2) is 30.1 Å². The second kappa shape index (κ2) is 5.52. The molecular formula is C12H24N2. The summed E-state index contributed by atoms with van der Waals surface area (Å²) in [5.41, 5.74) is 6.03. The molecule has 0 aromatic rings. The zero-order valence-corrected chi connectivity index (χ0v) is 9.58. The predicted molar refractivity (Wildman–Crippen MR) is 62.2 cm³/mol. The van der Waals surface area contributed by atoms with Crippen LogP contribution in [0.4, 0.5) is 0 Å². The van der Waals surface area contributed by atoms with Gasteiger partial charge in [0.15, 0.2) is 0 Å². The van der Waals surface area contributed by atoms with Gasteiger partial charge in [0.05, 0.1) is 0 Å². The summed E-state index contributed by atoms with van der Waals surface area (Å²) in [6.45, 7) is 10.3. The van der Waals surface area contributed by atoms with Crippen molar-refractivity contribution in [2.24, 2.45) is 11.7 Å². The van der Waals surface area contributed by atoms with Gasteiger partial charge in [-0.3, -0.25) is 4.90 Å². The number of nitrogens with two attached hydrogens (primary N) is 1. The maximum atomic E-state index is 6.03. The van der Waals surface area contributed by atoms with Crippen LogP contribution in [0.5, 0.6) is 0 Å². The Morgan fingerprint density at radius 3 is 2.57 bits per heavy atom. The molecule has 1 unspecified atom stereocenters. The fourth-order valence-corrected chi connectivity index (χ4v) is 1.68. The Hall–Kier alpha value is -0.340. The SMILES string of the molecule is C=CCN(CCC(N)C(C)C)C1CC1. The molecule has 2 N–H and O–H groups in total. The Balaban J connectivity index is 2.21. The van der Waals surface area contributed by atoms with Crippen LogP contribution in [0, 0.1) is 5.92 Å². The van der Waals surface area contributed by atoms with Crippen molar-refractivity contribution < 1.29 is 0 Å². The van der Waals surface area contributed by atoms with Gasteiger partial charge in [-0.2, -0.15) is 0 Å². The molecule has 2 heteroatoms. The van der Waals surface area contributed by atoms with Gasteiger partial charge in [-0.05, 0) is 25.2 Å². The molecule has 82 valence electrons. The largest absolute Gasteiger partial charge is 0.327 e. The number of nitrogens with zero attached hydrogens (tertiary/aromatic N) is 1. The van der Waals surface area contributed by atoms with Gasteiger partial charge < -0.3 is 5.73 Å². The topological polar surface area (TPSA) is 29.3 Å². The number of rotatable bonds is 7. The van der Waals surface area contributed by atoms with E-state index in [2.05, 4.69) is 25.3 Å². The minimum atomic E-state index is 0.348. The number of hydrogen-bond acceptors (Lipinski definition) is 2. The van der Waals surface area contributed by atoms with Crippen molar-refractivity contribution >= 4 is 0 Å². The first-order chi connectivity index (χ1) is 6.65. The maximum absolute atomic E-state index is 6.03. The van der Waals surface area contributed by atoms with E-state index in [0.29, 0.717) is 12.0 Å². The molecule has 0 radical (unpaired) electrons. The lowest BCUT2D eigenvalue weighted by Crippen LogP contribution is -2.34. The summed E-state index contributed by atoms with van der Waals surface area (Å²) >= 11 is 0. The van der Waals surface area contributed by atoms with Gasteiger partial charge in [-0.25, -0.2) is 0 Å². The summed E-state index contributed by atoms with van der Waals surface area (Å²) in [4.78, 5) is 2.51. The van der Waals surface area contributed by atoms with Crippen LogP contribution < -0.4 is 5.73 Å². The minimum absolute atomic E-state index is 0.348. The third-order valence-corrected chi connectivity index (χ3v) is 3.03. The molecule has 2 nitrogen and oxygen atoms in total. The van der Waals surface area contributed by atoms with Gasteiger partial charge in [-0.1, -0.05) is 19.9 Å². The standard InChI is InChI=1S/C12H24N2/c1-4-8-14(11-5-6-11)9-7-12(13)10(2)3/h4,10-12H,1,5-9,13H2,2-3H3. The molecular weight excluding hydrogens is 172 g/mol. The van der Waals surface area contributed by atoms with Crippen molar-refractivity contribution in [3.05, 3.63) is 12.7 Å². The highest BCUT2D eigenvalue weighted by atomic mass is 15.2. The van der Waals surface area contributed by atoms with Crippen LogP contribution in [-0.2, 0) is 0 Å². The van der Waals surface area contributed by atoms with E-state index in [9.17, 15) is 0 Å². The summed E-state index contributed by atoms with van der Waals surface area (Å²) in [5, 5.41) is 0. The van der Waals surface area contributed by atoms with Crippen LogP contribution in [0.25, 0.3) is 0 Å². The second-order valence-corrected chi connectivity index (χ2v) is 4.71. The zero-order chi connectivity index (χ0) is 10.6. The molecule has 1 atom stereocenters. The summed E-state index contributed by atoms with van der Waals surface area (Å²) in [6.07, 6.45) is 5.84. The lowest BCUT2D eigenvalue weighted by molar-refractivity contribution is 0.269. The van der Waals surface area contributed by atoms with Crippen molar-refractivity contribution in [2.75, 3.05) is 13.1 Å². The fraction of sp³-hybridized carbons (Fsp3) is 0.833. The van der Waals surface area contributed by atoms with E-state index in [4.69, 9.17) is 5.73 Å². The Kier molecular flexibility index (Phi) is 4.63. The second-order valence-electron chi connectivity index (χ2n) is 4.71. The molecule has 1 fully saturated rings. The molecule has 0 heterocycles. The summed E-state index contributed by atoms with van der Waals surface area (Å²) < 4.78 is 0. The predicted octanol–water partition coefficient (Wildman–Crippen LogP) is 2.01. The van der Waals surface area contributed by atoms with Crippen molar-refractivity contribution in [1.82, 2.24) is 4.90 Å². The minimum Gasteiger partial charge on any atom is -0.327 e. The molecule has 14 heavy (non-hydrogen) atoms. The van der Waals surface area contributed by atoms with E-state index in [-0.39, 0.29) is 0 Å². The normalized spacial score (nSPS) is 18.9. The molecule has 0 aromatic heterocycles. The lowest BCUT2D eigenvalue weighted by Gasteiger charge is -2.23. The van der Waals surface area contributed by atoms with E-state index < -0.39 is 0 Å². The first-order valence-corrected chi connectivity index (χ1v) is 5.75. The van der Waals surface area contributed by atoms with E-state index in [1.807, 2.05) is 6.08 Å². The molecule has 1 aliphatic carbocycles. The highest BCUT2D eigenvalue weighted by Gasteiger charge is 2.28. The Morgan fingerprint density at radius 2 is 2.14 bits per heavy atom. The average molecular weight is 196 g/mol. The average Bonchev–Trinajstić information content (AvgIpc) is 2.94. The van der Waals surface area contributed by atoms with Gasteiger partial charge in [0, 0.05) is 25.2 Å². The van der Waals surface area contributed by atoms with Crippen molar-refractivity contribution in [2.45, 2.75) is 45.2 Å². The maximum Gasteiger partial charge on any atom is 0.0163 e. The van der Waals surface area contributed by atoms with Crippen molar-refractivity contribution in [3.8, 4) is 0 Å².